The van der Waals surface area contributed by atoms with Crippen molar-refractivity contribution in [3.05, 3.63) is 30.7 Å². The minimum absolute atomic E-state index is 0.375. The first-order chi connectivity index (χ1) is 7.71. The summed E-state index contributed by atoms with van der Waals surface area (Å²) in [5, 5.41) is 0. The average molecular weight is 225 g/mol. The zero-order valence-electron chi connectivity index (χ0n) is 9.83. The lowest BCUT2D eigenvalue weighted by molar-refractivity contribution is 0.322. The quantitative estimate of drug-likeness (QED) is 0.739. The van der Waals surface area contributed by atoms with Crippen LogP contribution in [0.5, 0.6) is 11.5 Å². The monoisotopic (exact) mass is 225 g/mol. The van der Waals surface area contributed by atoms with Crippen molar-refractivity contribution in [3.63, 3.8) is 0 Å². The Bertz CT molecular complexity index is 301. The van der Waals surface area contributed by atoms with Crippen molar-refractivity contribution in [2.24, 2.45) is 0 Å². The van der Waals surface area contributed by atoms with E-state index >= 15 is 0 Å². The Hall–Kier alpha value is -1.25. The van der Waals surface area contributed by atoms with Gasteiger partial charge in [0, 0.05) is 12.0 Å². The van der Waals surface area contributed by atoms with Gasteiger partial charge in [-0.25, -0.2) is 0 Å². The molecular weight excluding hydrogens is 207 g/mol. The highest BCUT2D eigenvalue weighted by molar-refractivity contribution is 5.40. The van der Waals surface area contributed by atoms with Crippen LogP contribution in [-0.4, -0.2) is 19.9 Å². The number of hydrogen-bond acceptors (Lipinski definition) is 2. The van der Waals surface area contributed by atoms with E-state index in [1.807, 2.05) is 26.0 Å². The minimum Gasteiger partial charge on any atom is -0.494 e. The highest BCUT2D eigenvalue weighted by Crippen LogP contribution is 2.27. The van der Waals surface area contributed by atoms with Gasteiger partial charge in [0.15, 0.2) is 0 Å². The molecule has 1 aromatic rings. The van der Waals surface area contributed by atoms with E-state index in [0.29, 0.717) is 24.7 Å². The molecule has 0 spiro atoms. The van der Waals surface area contributed by atoms with Crippen LogP contribution in [0.4, 0.5) is 4.39 Å². The molecule has 1 atom stereocenters. The molecule has 0 saturated carbocycles. The Labute approximate surface area is 96.4 Å². The van der Waals surface area contributed by atoms with E-state index in [9.17, 15) is 4.39 Å². The van der Waals surface area contributed by atoms with E-state index < -0.39 is 6.67 Å². The number of alkyl halides is 1. The third kappa shape index (κ3) is 3.40. The van der Waals surface area contributed by atoms with Crippen molar-refractivity contribution in [2.75, 3.05) is 19.9 Å². The van der Waals surface area contributed by atoms with Gasteiger partial charge in [0.1, 0.15) is 11.5 Å². The molecule has 0 saturated heterocycles. The molecule has 16 heavy (non-hydrogen) atoms. The Balaban J connectivity index is 2.97. The predicted molar refractivity (Wildman–Crippen MR) is 62.9 cm³/mol. The van der Waals surface area contributed by atoms with Gasteiger partial charge in [-0.1, -0.05) is 0 Å². The summed E-state index contributed by atoms with van der Waals surface area (Å²) in [6.07, 6.45) is 0. The lowest BCUT2D eigenvalue weighted by atomic mass is 10.0. The summed E-state index contributed by atoms with van der Waals surface area (Å²) in [6.45, 7) is 8.22. The molecule has 0 fully saturated rings. The van der Waals surface area contributed by atoms with Crippen LogP contribution in [0.15, 0.2) is 18.2 Å². The van der Waals surface area contributed by atoms with Crippen molar-refractivity contribution >= 4 is 0 Å². The number of rotatable bonds is 6. The fraction of sp³-hybridized carbons (Fsp3) is 0.462. The Morgan fingerprint density at radius 2 is 1.62 bits per heavy atom. The van der Waals surface area contributed by atoms with Gasteiger partial charge in [0.2, 0.25) is 0 Å². The smallest absolute Gasteiger partial charge is 0.123 e. The molecular formula is C13H18FO2. The summed E-state index contributed by atoms with van der Waals surface area (Å²) in [7, 11) is 0. The largest absolute Gasteiger partial charge is 0.494 e. The van der Waals surface area contributed by atoms with Gasteiger partial charge in [-0.05, 0) is 38.5 Å². The molecule has 0 aliphatic heterocycles. The third-order valence-electron chi connectivity index (χ3n) is 2.18. The normalized spacial score (nSPS) is 12.2. The Kier molecular flexibility index (Phi) is 5.09. The number of ether oxygens (including phenoxy) is 2. The number of hydrogen-bond donors (Lipinski definition) is 0. The second-order valence-corrected chi connectivity index (χ2v) is 3.46. The molecule has 1 aromatic carbocycles. The number of benzene rings is 1. The fourth-order valence-electron chi connectivity index (χ4n) is 1.42. The van der Waals surface area contributed by atoms with Crippen LogP contribution in [-0.2, 0) is 0 Å². The zero-order valence-corrected chi connectivity index (χ0v) is 9.83. The summed E-state index contributed by atoms with van der Waals surface area (Å²) < 4.78 is 23.4. The van der Waals surface area contributed by atoms with Gasteiger partial charge in [-0.3, -0.25) is 4.39 Å². The maximum Gasteiger partial charge on any atom is 0.123 e. The molecule has 0 N–H and O–H groups in total. The molecule has 3 heteroatoms. The molecule has 0 aliphatic rings. The summed E-state index contributed by atoms with van der Waals surface area (Å²) in [5.41, 5.74) is 0.803. The van der Waals surface area contributed by atoms with Gasteiger partial charge < -0.3 is 9.47 Å². The molecule has 0 aliphatic carbocycles. The van der Waals surface area contributed by atoms with Gasteiger partial charge in [0.05, 0.1) is 19.9 Å². The van der Waals surface area contributed by atoms with E-state index in [4.69, 9.17) is 9.47 Å². The van der Waals surface area contributed by atoms with Crippen molar-refractivity contribution in [2.45, 2.75) is 19.8 Å². The maximum absolute atomic E-state index is 12.6. The van der Waals surface area contributed by atoms with Gasteiger partial charge >= 0.3 is 0 Å². The van der Waals surface area contributed by atoms with Crippen molar-refractivity contribution in [1.82, 2.24) is 0 Å². The average Bonchev–Trinajstić information content (AvgIpc) is 2.28. The van der Waals surface area contributed by atoms with Crippen molar-refractivity contribution in [1.29, 1.82) is 0 Å². The SMILES string of the molecule is [CH2]C(CF)c1cc(OCC)cc(OCC)c1. The van der Waals surface area contributed by atoms with Crippen LogP contribution < -0.4 is 9.47 Å². The molecule has 2 nitrogen and oxygen atoms in total. The Morgan fingerprint density at radius 1 is 1.12 bits per heavy atom. The van der Waals surface area contributed by atoms with E-state index in [0.717, 1.165) is 5.56 Å². The second-order valence-electron chi connectivity index (χ2n) is 3.46. The van der Waals surface area contributed by atoms with E-state index in [1.54, 1.807) is 6.07 Å². The second kappa shape index (κ2) is 6.36. The van der Waals surface area contributed by atoms with Crippen molar-refractivity contribution in [3.8, 4) is 11.5 Å². The first-order valence-electron chi connectivity index (χ1n) is 5.50. The summed E-state index contributed by atoms with van der Waals surface area (Å²) in [6, 6.07) is 5.42. The van der Waals surface area contributed by atoms with Gasteiger partial charge in [-0.2, -0.15) is 0 Å². The molecule has 89 valence electrons. The first kappa shape index (κ1) is 12.8. The highest BCUT2D eigenvalue weighted by atomic mass is 19.1. The lowest BCUT2D eigenvalue weighted by Crippen LogP contribution is -2.00. The Morgan fingerprint density at radius 3 is 2.00 bits per heavy atom. The molecule has 1 unspecified atom stereocenters. The molecule has 0 aromatic heterocycles. The highest BCUT2D eigenvalue weighted by Gasteiger charge is 2.09. The van der Waals surface area contributed by atoms with Crippen LogP contribution in [0.25, 0.3) is 0 Å². The standard InChI is InChI=1S/C13H18FO2/c1-4-15-12-6-11(10(3)9-14)7-13(8-12)16-5-2/h6-8,10H,3-5,9H2,1-2H3. The van der Waals surface area contributed by atoms with Crippen LogP contribution in [0.2, 0.25) is 0 Å². The number of halogens is 1. The summed E-state index contributed by atoms with van der Waals surface area (Å²) >= 11 is 0. The molecule has 1 rings (SSSR count). The van der Waals surface area contributed by atoms with Gasteiger partial charge in [0.25, 0.3) is 0 Å². The van der Waals surface area contributed by atoms with E-state index in [2.05, 4.69) is 6.92 Å². The molecule has 1 radical (unpaired) electrons. The van der Waals surface area contributed by atoms with Crippen molar-refractivity contribution < 1.29 is 13.9 Å². The maximum atomic E-state index is 12.6. The molecule has 0 amide bonds. The van der Waals surface area contributed by atoms with E-state index in [1.165, 1.54) is 0 Å². The first-order valence-corrected chi connectivity index (χ1v) is 5.50. The summed E-state index contributed by atoms with van der Waals surface area (Å²) in [5.74, 6) is 1.02. The van der Waals surface area contributed by atoms with Crippen LogP contribution in [0.3, 0.4) is 0 Å². The lowest BCUT2D eigenvalue weighted by Gasteiger charge is -2.13. The van der Waals surface area contributed by atoms with Gasteiger partial charge in [-0.15, -0.1) is 0 Å². The van der Waals surface area contributed by atoms with E-state index in [-0.39, 0.29) is 5.92 Å². The van der Waals surface area contributed by atoms with Crippen LogP contribution in [0, 0.1) is 6.92 Å². The molecule has 0 bridgehead atoms. The topological polar surface area (TPSA) is 18.5 Å². The molecule has 0 heterocycles. The summed E-state index contributed by atoms with van der Waals surface area (Å²) in [4.78, 5) is 0. The predicted octanol–water partition coefficient (Wildman–Crippen LogP) is 3.37. The van der Waals surface area contributed by atoms with Crippen LogP contribution in [0.1, 0.15) is 25.3 Å². The third-order valence-corrected chi connectivity index (χ3v) is 2.18. The van der Waals surface area contributed by atoms with Crippen LogP contribution >= 0.6 is 0 Å². The zero-order chi connectivity index (χ0) is 12.0. The fourth-order valence-corrected chi connectivity index (χ4v) is 1.42. The minimum atomic E-state index is -0.485.